The van der Waals surface area contributed by atoms with Crippen molar-refractivity contribution in [2.45, 2.75) is 49.9 Å². The predicted octanol–water partition coefficient (Wildman–Crippen LogP) is -2.08. The zero-order chi connectivity index (χ0) is 34.3. The number of fused-ring (bicyclic) bond motifs is 1. The lowest BCUT2D eigenvalue weighted by atomic mass is 10.00. The third-order valence-corrected chi connectivity index (χ3v) is 9.38. The summed E-state index contributed by atoms with van der Waals surface area (Å²) in [4.78, 5) is 73.5. The van der Waals surface area contributed by atoms with Crippen LogP contribution in [0, 0.1) is 0 Å². The summed E-state index contributed by atoms with van der Waals surface area (Å²) in [6.07, 6.45) is 0.407. The molecule has 1 fully saturated rings. The van der Waals surface area contributed by atoms with Crippen LogP contribution in [0.15, 0.2) is 52.4 Å². The average Bonchev–Trinajstić information content (AvgIpc) is 3.01. The van der Waals surface area contributed by atoms with E-state index >= 15 is 0 Å². The first-order valence-electron chi connectivity index (χ1n) is 14.8. The van der Waals surface area contributed by atoms with Crippen molar-refractivity contribution in [3.63, 3.8) is 0 Å². The van der Waals surface area contributed by atoms with Crippen LogP contribution in [0.5, 0.6) is 0 Å². The van der Waals surface area contributed by atoms with Gasteiger partial charge in [-0.1, -0.05) is 64.1 Å². The predicted molar refractivity (Wildman–Crippen MR) is 185 cm³/mol. The lowest BCUT2D eigenvalue weighted by Crippen LogP contribution is -2.59. The van der Waals surface area contributed by atoms with Crippen LogP contribution in [0.4, 0.5) is 0 Å². The van der Waals surface area contributed by atoms with E-state index in [1.165, 1.54) is 21.6 Å². The minimum Gasteiger partial charge on any atom is -0.370 e. The molecule has 1 aliphatic heterocycles. The van der Waals surface area contributed by atoms with Gasteiger partial charge in [-0.2, -0.15) is 0 Å². The lowest BCUT2D eigenvalue weighted by Gasteiger charge is -2.27. The normalized spacial score (nSPS) is 20.9. The molecule has 0 aliphatic carbocycles. The molecule has 2 aromatic rings. The summed E-state index contributed by atoms with van der Waals surface area (Å²) in [7, 11) is 2.37. The van der Waals surface area contributed by atoms with Crippen LogP contribution in [-0.2, 0) is 30.4 Å². The third-order valence-electron chi connectivity index (χ3n) is 6.96. The Kier molecular flexibility index (Phi) is 14.4. The Bertz CT molecular complexity index is 1500. The zero-order valence-electron chi connectivity index (χ0n) is 25.6. The first-order chi connectivity index (χ1) is 22.4. The quantitative estimate of drug-likeness (QED) is 0.0535. The SMILES string of the molecule is NC(=O)[C@H]1CSSC[C@@H](NC(=O)CCN=C(N)N)C(=O)N[C@H](CCCN=C(N)N)C(=O)N[C@@H](Cc2ccc3ccccc3c2)C(=O)N1. The van der Waals surface area contributed by atoms with Gasteiger partial charge in [0.15, 0.2) is 11.9 Å². The van der Waals surface area contributed by atoms with Crippen molar-refractivity contribution in [1.29, 1.82) is 0 Å². The number of hydrogen-bond donors (Lipinski definition) is 9. The summed E-state index contributed by atoms with van der Waals surface area (Å²) in [5.41, 5.74) is 27.9. The van der Waals surface area contributed by atoms with E-state index in [0.717, 1.165) is 16.3 Å². The van der Waals surface area contributed by atoms with Gasteiger partial charge in [0.1, 0.15) is 24.2 Å². The van der Waals surface area contributed by atoms with Gasteiger partial charge in [0.25, 0.3) is 0 Å². The number of carbonyl (C=O) groups is 5. The second kappa shape index (κ2) is 18.4. The molecule has 14 N–H and O–H groups in total. The number of nitrogens with two attached hydrogens (primary N) is 5. The minimum atomic E-state index is -1.13. The number of rotatable bonds is 11. The highest BCUT2D eigenvalue weighted by molar-refractivity contribution is 8.76. The second-order valence-electron chi connectivity index (χ2n) is 10.7. The van der Waals surface area contributed by atoms with Crippen molar-refractivity contribution in [2.24, 2.45) is 38.7 Å². The Morgan fingerprint density at radius 3 is 2.13 bits per heavy atom. The van der Waals surface area contributed by atoms with Crippen molar-refractivity contribution in [3.8, 4) is 0 Å². The molecule has 16 nitrogen and oxygen atoms in total. The summed E-state index contributed by atoms with van der Waals surface area (Å²) in [5.74, 6) is -3.33. The number of nitrogens with zero attached hydrogens (tertiary/aromatic N) is 2. The highest BCUT2D eigenvalue weighted by Crippen LogP contribution is 2.24. The van der Waals surface area contributed by atoms with E-state index in [0.29, 0.717) is 6.42 Å². The molecule has 2 aromatic carbocycles. The molecule has 18 heteroatoms. The lowest BCUT2D eigenvalue weighted by molar-refractivity contribution is -0.134. The van der Waals surface area contributed by atoms with Crippen LogP contribution in [0.2, 0.25) is 0 Å². The van der Waals surface area contributed by atoms with Crippen LogP contribution in [-0.4, -0.2) is 90.2 Å². The molecule has 0 aromatic heterocycles. The largest absolute Gasteiger partial charge is 0.370 e. The van der Waals surface area contributed by atoms with E-state index in [4.69, 9.17) is 28.7 Å². The Hall–Kier alpha value is -4.71. The van der Waals surface area contributed by atoms with Gasteiger partial charge in [0.2, 0.25) is 29.5 Å². The van der Waals surface area contributed by atoms with Crippen molar-refractivity contribution in [2.75, 3.05) is 24.6 Å². The molecule has 0 radical (unpaired) electrons. The number of benzene rings is 2. The number of carbonyl (C=O) groups excluding carboxylic acids is 5. The van der Waals surface area contributed by atoms with Gasteiger partial charge in [0.05, 0.1) is 6.54 Å². The molecule has 4 atom stereocenters. The van der Waals surface area contributed by atoms with E-state index in [1.807, 2.05) is 42.5 Å². The zero-order valence-corrected chi connectivity index (χ0v) is 27.3. The van der Waals surface area contributed by atoms with Crippen molar-refractivity contribution in [1.82, 2.24) is 21.3 Å². The van der Waals surface area contributed by atoms with E-state index < -0.39 is 53.7 Å². The van der Waals surface area contributed by atoms with E-state index in [1.54, 1.807) is 0 Å². The fraction of sp³-hybridized carbons (Fsp3) is 0.414. The molecular formula is C29H41N11O5S2. The molecule has 1 aliphatic rings. The number of primary amides is 1. The van der Waals surface area contributed by atoms with Crippen molar-refractivity contribution < 1.29 is 24.0 Å². The summed E-state index contributed by atoms with van der Waals surface area (Å²) >= 11 is 0. The van der Waals surface area contributed by atoms with Crippen molar-refractivity contribution in [3.05, 3.63) is 48.0 Å². The molecule has 5 amide bonds. The Balaban J connectivity index is 1.90. The van der Waals surface area contributed by atoms with E-state index in [2.05, 4.69) is 31.3 Å². The maximum absolute atomic E-state index is 13.7. The molecule has 0 spiro atoms. The van der Waals surface area contributed by atoms with E-state index in [-0.39, 0.29) is 55.8 Å². The average molecular weight is 688 g/mol. The summed E-state index contributed by atoms with van der Waals surface area (Å²) in [5, 5.41) is 12.7. The smallest absolute Gasteiger partial charge is 0.244 e. The number of aliphatic imine (C=N–C) groups is 2. The second-order valence-corrected chi connectivity index (χ2v) is 13.2. The number of guanidine groups is 2. The fourth-order valence-electron chi connectivity index (χ4n) is 4.56. The molecule has 0 saturated carbocycles. The summed E-state index contributed by atoms with van der Waals surface area (Å²) in [6, 6.07) is 8.97. The molecule has 1 heterocycles. The molecule has 3 rings (SSSR count). The van der Waals surface area contributed by atoms with Crippen LogP contribution in [0.1, 0.15) is 24.8 Å². The van der Waals surface area contributed by atoms with Gasteiger partial charge < -0.3 is 49.9 Å². The number of nitrogens with one attached hydrogen (secondary N) is 4. The Labute approximate surface area is 279 Å². The monoisotopic (exact) mass is 687 g/mol. The van der Waals surface area contributed by atoms with Gasteiger partial charge in [-0.05, 0) is 29.2 Å². The van der Waals surface area contributed by atoms with Gasteiger partial charge in [-0.15, -0.1) is 0 Å². The molecule has 0 bridgehead atoms. The maximum atomic E-state index is 13.7. The first-order valence-corrected chi connectivity index (χ1v) is 17.2. The molecular weight excluding hydrogens is 647 g/mol. The fourth-order valence-corrected chi connectivity index (χ4v) is 6.90. The summed E-state index contributed by atoms with van der Waals surface area (Å²) < 4.78 is 0. The van der Waals surface area contributed by atoms with Crippen LogP contribution < -0.4 is 49.9 Å². The van der Waals surface area contributed by atoms with Crippen molar-refractivity contribution >= 4 is 73.8 Å². The maximum Gasteiger partial charge on any atom is 0.244 e. The summed E-state index contributed by atoms with van der Waals surface area (Å²) in [6.45, 7) is 0.194. The minimum absolute atomic E-state index is 0.0127. The first kappa shape index (κ1) is 36.8. The van der Waals surface area contributed by atoms with Gasteiger partial charge >= 0.3 is 0 Å². The molecule has 1 saturated heterocycles. The van der Waals surface area contributed by atoms with Crippen LogP contribution >= 0.6 is 21.6 Å². The van der Waals surface area contributed by atoms with Gasteiger partial charge in [-0.25, -0.2) is 0 Å². The Morgan fingerprint density at radius 1 is 0.787 bits per heavy atom. The molecule has 47 heavy (non-hydrogen) atoms. The standard InChI is InChI=1S/C29H41N11O5S2/c30-24(42)21-14-46-47-15-22(37-23(41)9-11-36-29(33)34)27(45)38-19(6-3-10-35-28(31)32)25(43)39-20(26(44)40-21)13-16-7-8-17-4-1-2-5-18(17)12-16/h1-2,4-5,7-8,12,19-22H,3,6,9-11,13-15H2,(H2,30,42)(H,37,41)(H,38,45)(H,39,43)(H,40,44)(H4,31,32,35)(H4,33,34,36)/t19-,20+,21-,22-/m1/s1. The van der Waals surface area contributed by atoms with Gasteiger partial charge in [0, 0.05) is 30.9 Å². The van der Waals surface area contributed by atoms with E-state index in [9.17, 15) is 24.0 Å². The number of amides is 5. The topological polar surface area (TPSA) is 288 Å². The molecule has 254 valence electrons. The molecule has 0 unspecified atom stereocenters. The third kappa shape index (κ3) is 12.5. The Morgan fingerprint density at radius 2 is 1.43 bits per heavy atom. The number of hydrogen-bond acceptors (Lipinski definition) is 9. The van der Waals surface area contributed by atoms with Gasteiger partial charge in [-0.3, -0.25) is 34.0 Å². The highest BCUT2D eigenvalue weighted by Gasteiger charge is 2.32. The van der Waals surface area contributed by atoms with Crippen LogP contribution in [0.3, 0.4) is 0 Å². The van der Waals surface area contributed by atoms with Crippen LogP contribution in [0.25, 0.3) is 10.8 Å². The highest BCUT2D eigenvalue weighted by atomic mass is 33.1.